The molecule has 0 aromatic carbocycles. The molecule has 4 heterocycles. The Balaban J connectivity index is 1.47. The minimum absolute atomic E-state index is 0.176. The molecule has 5 rings (SSSR count). The van der Waals surface area contributed by atoms with E-state index in [2.05, 4.69) is 30.5 Å². The largest absolute Gasteiger partial charge is 0.368 e. The van der Waals surface area contributed by atoms with Crippen molar-refractivity contribution in [2.24, 2.45) is 0 Å². The van der Waals surface area contributed by atoms with Crippen molar-refractivity contribution in [2.75, 3.05) is 36.4 Å². The van der Waals surface area contributed by atoms with Gasteiger partial charge in [0, 0.05) is 49.8 Å². The van der Waals surface area contributed by atoms with Crippen molar-refractivity contribution in [3.63, 3.8) is 0 Å². The number of pyridine rings is 2. The summed E-state index contributed by atoms with van der Waals surface area (Å²) in [6.07, 6.45) is 6.80. The second-order valence-corrected chi connectivity index (χ2v) is 7.97. The molecular weight excluding hydrogens is 378 g/mol. The Kier molecular flexibility index (Phi) is 4.77. The van der Waals surface area contributed by atoms with Gasteiger partial charge in [-0.25, -0.2) is 9.97 Å². The Bertz CT molecular complexity index is 1150. The molecule has 3 aromatic heterocycles. The van der Waals surface area contributed by atoms with Crippen molar-refractivity contribution < 1.29 is 1.37 Å². The van der Waals surface area contributed by atoms with Crippen LogP contribution in [0.15, 0.2) is 35.4 Å². The van der Waals surface area contributed by atoms with Crippen LogP contribution in [0.5, 0.6) is 0 Å². The van der Waals surface area contributed by atoms with E-state index in [1.165, 1.54) is 0 Å². The lowest BCUT2D eigenvalue weighted by Gasteiger charge is -2.29. The van der Waals surface area contributed by atoms with Gasteiger partial charge in [-0.15, -0.1) is 0 Å². The van der Waals surface area contributed by atoms with E-state index in [0.717, 1.165) is 55.7 Å². The van der Waals surface area contributed by atoms with E-state index in [0.29, 0.717) is 30.3 Å². The lowest BCUT2D eigenvalue weighted by atomic mass is 10.1. The van der Waals surface area contributed by atoms with E-state index >= 15 is 0 Å². The van der Waals surface area contributed by atoms with Crippen LogP contribution in [-0.2, 0) is 0 Å². The quantitative estimate of drug-likeness (QED) is 0.689. The molecule has 8 nitrogen and oxygen atoms in total. The highest BCUT2D eigenvalue weighted by Crippen LogP contribution is 2.31. The number of nitrogens with one attached hydrogen (secondary N) is 2. The van der Waals surface area contributed by atoms with Crippen molar-refractivity contribution in [3.05, 3.63) is 46.5 Å². The highest BCUT2D eigenvalue weighted by molar-refractivity contribution is 5.79. The van der Waals surface area contributed by atoms with Gasteiger partial charge in [0.15, 0.2) is 0 Å². The van der Waals surface area contributed by atoms with Gasteiger partial charge in [-0.2, -0.15) is 4.98 Å². The van der Waals surface area contributed by atoms with Crippen molar-refractivity contribution >= 4 is 28.5 Å². The number of fused-ring (bicyclic) bond motifs is 1. The standard InChI is InChI=1S/C22H27N7O/c1-15-12-20(30)29(16-4-2-3-5-16)21-18(15)14-25-22(27-21)26-19-7-6-17(13-24-19)28-10-8-23-9-11-28/h6-7,12-14,16,23H,2-5,8-11H2,1H3,(H,24,25,26,27)/i16D. The molecule has 156 valence electrons. The van der Waals surface area contributed by atoms with Crippen molar-refractivity contribution in [2.45, 2.75) is 38.6 Å². The molecule has 1 saturated heterocycles. The zero-order valence-corrected chi connectivity index (χ0v) is 17.2. The molecular formula is C22H27N7O. The minimum atomic E-state index is -0.947. The first kappa shape index (κ1) is 17.8. The summed E-state index contributed by atoms with van der Waals surface area (Å²) < 4.78 is 10.4. The Morgan fingerprint density at radius 2 is 1.97 bits per heavy atom. The van der Waals surface area contributed by atoms with E-state index in [1.807, 2.05) is 25.3 Å². The molecule has 0 amide bonds. The van der Waals surface area contributed by atoms with Gasteiger partial charge in [0.05, 0.1) is 13.3 Å². The molecule has 3 aromatic rings. The topological polar surface area (TPSA) is 88.0 Å². The fourth-order valence-electron chi connectivity index (χ4n) is 4.31. The highest BCUT2D eigenvalue weighted by atomic mass is 16.1. The average molecular weight is 407 g/mol. The summed E-state index contributed by atoms with van der Waals surface area (Å²) in [6.45, 7) is 5.77. The third kappa shape index (κ3) is 3.63. The van der Waals surface area contributed by atoms with Gasteiger partial charge in [0.25, 0.3) is 5.56 Å². The molecule has 2 N–H and O–H groups in total. The Hall–Kier alpha value is -3.00. The van der Waals surface area contributed by atoms with E-state index < -0.39 is 6.02 Å². The van der Waals surface area contributed by atoms with Gasteiger partial charge in [-0.05, 0) is 37.5 Å². The van der Waals surface area contributed by atoms with Crippen LogP contribution in [-0.4, -0.2) is 45.7 Å². The molecule has 0 unspecified atom stereocenters. The van der Waals surface area contributed by atoms with Crippen LogP contribution in [0.2, 0.25) is 0 Å². The molecule has 30 heavy (non-hydrogen) atoms. The summed E-state index contributed by atoms with van der Waals surface area (Å²) in [7, 11) is 0. The summed E-state index contributed by atoms with van der Waals surface area (Å²) in [5, 5.41) is 7.30. The van der Waals surface area contributed by atoms with E-state index in [9.17, 15) is 4.79 Å². The second-order valence-electron chi connectivity index (χ2n) is 7.97. The van der Waals surface area contributed by atoms with Crippen LogP contribution in [0.4, 0.5) is 17.5 Å². The molecule has 1 aliphatic carbocycles. The van der Waals surface area contributed by atoms with E-state index in [-0.39, 0.29) is 5.56 Å². The number of aryl methyl sites for hydroxylation is 1. The number of hydrogen-bond acceptors (Lipinski definition) is 7. The number of aromatic nitrogens is 4. The predicted octanol–water partition coefficient (Wildman–Crippen LogP) is 2.76. The molecule has 0 radical (unpaired) electrons. The molecule has 0 atom stereocenters. The van der Waals surface area contributed by atoms with Crippen LogP contribution in [0.3, 0.4) is 0 Å². The molecule has 0 spiro atoms. The summed E-state index contributed by atoms with van der Waals surface area (Å²) in [5.41, 5.74) is 2.25. The number of piperazine rings is 1. The van der Waals surface area contributed by atoms with Crippen LogP contribution >= 0.6 is 0 Å². The van der Waals surface area contributed by atoms with Gasteiger partial charge in [-0.1, -0.05) is 12.8 Å². The van der Waals surface area contributed by atoms with Gasteiger partial charge < -0.3 is 15.5 Å². The number of nitrogens with zero attached hydrogens (tertiary/aromatic N) is 5. The van der Waals surface area contributed by atoms with Crippen LogP contribution in [0.1, 0.15) is 38.6 Å². The number of rotatable bonds is 4. The fourth-order valence-corrected chi connectivity index (χ4v) is 4.31. The first-order valence-corrected chi connectivity index (χ1v) is 10.6. The van der Waals surface area contributed by atoms with Crippen LogP contribution in [0.25, 0.3) is 11.0 Å². The van der Waals surface area contributed by atoms with Gasteiger partial charge in [0.2, 0.25) is 5.95 Å². The Morgan fingerprint density at radius 3 is 2.70 bits per heavy atom. The first-order valence-electron chi connectivity index (χ1n) is 11.1. The number of hydrogen-bond donors (Lipinski definition) is 2. The third-order valence-electron chi connectivity index (χ3n) is 5.93. The summed E-state index contributed by atoms with van der Waals surface area (Å²) >= 11 is 0. The van der Waals surface area contributed by atoms with Crippen molar-refractivity contribution in [3.8, 4) is 0 Å². The summed E-state index contributed by atoms with van der Waals surface area (Å²) in [4.78, 5) is 28.8. The van der Waals surface area contributed by atoms with E-state index in [1.54, 1.807) is 16.8 Å². The molecule has 1 aliphatic heterocycles. The maximum absolute atomic E-state index is 12.8. The first-order chi connectivity index (χ1) is 15.0. The van der Waals surface area contributed by atoms with Crippen LogP contribution < -0.4 is 21.1 Å². The normalized spacial score (nSPS) is 19.1. The maximum Gasteiger partial charge on any atom is 0.252 e. The highest BCUT2D eigenvalue weighted by Gasteiger charge is 2.21. The molecule has 0 bridgehead atoms. The monoisotopic (exact) mass is 406 g/mol. The van der Waals surface area contributed by atoms with Gasteiger partial charge >= 0.3 is 0 Å². The van der Waals surface area contributed by atoms with Gasteiger partial charge in [-0.3, -0.25) is 9.36 Å². The lowest BCUT2D eigenvalue weighted by Crippen LogP contribution is -2.43. The zero-order valence-electron chi connectivity index (χ0n) is 18.2. The Labute approximate surface area is 176 Å². The van der Waals surface area contributed by atoms with Crippen molar-refractivity contribution in [1.82, 2.24) is 24.8 Å². The molecule has 8 heteroatoms. The van der Waals surface area contributed by atoms with Crippen LogP contribution in [0, 0.1) is 6.92 Å². The summed E-state index contributed by atoms with van der Waals surface area (Å²) in [5.74, 6) is 1.01. The minimum Gasteiger partial charge on any atom is -0.368 e. The predicted molar refractivity (Wildman–Crippen MR) is 119 cm³/mol. The smallest absolute Gasteiger partial charge is 0.252 e. The van der Waals surface area contributed by atoms with E-state index in [4.69, 9.17) is 1.37 Å². The molecule has 2 aliphatic rings. The summed E-state index contributed by atoms with van der Waals surface area (Å²) in [6, 6.07) is 4.60. The average Bonchev–Trinajstić information content (AvgIpc) is 3.21. The number of anilines is 3. The SMILES string of the molecule is [2H]C1(n2c(=O)cc(C)c3cnc(Nc4ccc(N5CCNCC5)cn4)nc32)CCCC1. The Morgan fingerprint density at radius 1 is 1.17 bits per heavy atom. The van der Waals surface area contributed by atoms with Gasteiger partial charge in [0.1, 0.15) is 11.5 Å². The van der Waals surface area contributed by atoms with Crippen molar-refractivity contribution in [1.29, 1.82) is 0 Å². The molecule has 1 saturated carbocycles. The molecule has 2 fully saturated rings. The zero-order chi connectivity index (χ0) is 21.4. The third-order valence-corrected chi connectivity index (χ3v) is 5.93. The second kappa shape index (κ2) is 8.02. The lowest BCUT2D eigenvalue weighted by molar-refractivity contribution is 0.515. The fraction of sp³-hybridized carbons (Fsp3) is 0.455. The maximum atomic E-state index is 12.8.